The Kier molecular flexibility index (Phi) is 4.11. The standard InChI is InChI=1S/C15H11Cl2N3O3S/c1-20-13-8(7-18-15(19-13)24(2,22)23)5-11(14(20)21)10-4-3-9(16)6-12(10)17/h3-7H,1-2H3. The highest BCUT2D eigenvalue weighted by Crippen LogP contribution is 2.29. The highest BCUT2D eigenvalue weighted by molar-refractivity contribution is 7.90. The number of benzene rings is 1. The number of sulfone groups is 1. The Morgan fingerprint density at radius 1 is 1.12 bits per heavy atom. The van der Waals surface area contributed by atoms with Gasteiger partial charge in [0.05, 0.1) is 5.02 Å². The van der Waals surface area contributed by atoms with E-state index in [9.17, 15) is 13.2 Å². The molecule has 0 aliphatic rings. The van der Waals surface area contributed by atoms with E-state index < -0.39 is 9.84 Å². The van der Waals surface area contributed by atoms with Gasteiger partial charge in [-0.2, -0.15) is 4.98 Å². The molecule has 0 bridgehead atoms. The van der Waals surface area contributed by atoms with E-state index in [4.69, 9.17) is 23.2 Å². The molecule has 24 heavy (non-hydrogen) atoms. The molecule has 0 aliphatic carbocycles. The Morgan fingerprint density at radius 3 is 2.46 bits per heavy atom. The molecular formula is C15H11Cl2N3O3S. The fraction of sp³-hybridized carbons (Fsp3) is 0.133. The highest BCUT2D eigenvalue weighted by Gasteiger charge is 2.16. The predicted octanol–water partition coefficient (Wildman–Crippen LogP) is 2.71. The van der Waals surface area contributed by atoms with Crippen LogP contribution >= 0.6 is 23.2 Å². The second-order valence-electron chi connectivity index (χ2n) is 5.25. The van der Waals surface area contributed by atoms with Crippen molar-refractivity contribution in [2.75, 3.05) is 6.26 Å². The molecule has 0 N–H and O–H groups in total. The summed E-state index contributed by atoms with van der Waals surface area (Å²) < 4.78 is 24.5. The van der Waals surface area contributed by atoms with Gasteiger partial charge in [-0.3, -0.25) is 9.36 Å². The minimum Gasteiger partial charge on any atom is -0.295 e. The molecule has 0 spiro atoms. The van der Waals surface area contributed by atoms with Gasteiger partial charge in [-0.05, 0) is 18.2 Å². The maximum absolute atomic E-state index is 12.6. The van der Waals surface area contributed by atoms with Crippen LogP contribution in [0.2, 0.25) is 10.0 Å². The molecule has 2 aromatic heterocycles. The number of aryl methyl sites for hydroxylation is 1. The number of fused-ring (bicyclic) bond motifs is 1. The van der Waals surface area contributed by atoms with E-state index in [-0.39, 0.29) is 16.4 Å². The number of hydrogen-bond acceptors (Lipinski definition) is 5. The lowest BCUT2D eigenvalue weighted by Crippen LogP contribution is -2.20. The van der Waals surface area contributed by atoms with E-state index in [2.05, 4.69) is 9.97 Å². The second-order valence-corrected chi connectivity index (χ2v) is 8.00. The maximum atomic E-state index is 12.6. The van der Waals surface area contributed by atoms with Gasteiger partial charge >= 0.3 is 0 Å². The molecule has 0 saturated heterocycles. The summed E-state index contributed by atoms with van der Waals surface area (Å²) in [6.07, 6.45) is 2.37. The van der Waals surface area contributed by atoms with Crippen LogP contribution in [0.4, 0.5) is 0 Å². The van der Waals surface area contributed by atoms with Gasteiger partial charge in [0.1, 0.15) is 5.65 Å². The van der Waals surface area contributed by atoms with Gasteiger partial charge < -0.3 is 0 Å². The summed E-state index contributed by atoms with van der Waals surface area (Å²) in [5.74, 6) is 0. The first-order valence-electron chi connectivity index (χ1n) is 6.71. The van der Waals surface area contributed by atoms with E-state index in [0.717, 1.165) is 6.26 Å². The summed E-state index contributed by atoms with van der Waals surface area (Å²) in [7, 11) is -2.06. The Bertz CT molecular complexity index is 1140. The topological polar surface area (TPSA) is 81.9 Å². The van der Waals surface area contributed by atoms with E-state index >= 15 is 0 Å². The maximum Gasteiger partial charge on any atom is 0.259 e. The molecule has 1 aromatic carbocycles. The zero-order valence-electron chi connectivity index (χ0n) is 12.6. The smallest absolute Gasteiger partial charge is 0.259 e. The fourth-order valence-electron chi connectivity index (χ4n) is 2.31. The van der Waals surface area contributed by atoms with Gasteiger partial charge in [-0.15, -0.1) is 0 Å². The van der Waals surface area contributed by atoms with Gasteiger partial charge in [0.2, 0.25) is 15.0 Å². The Hall–Kier alpha value is -1.96. The number of aromatic nitrogens is 3. The van der Waals surface area contributed by atoms with Gasteiger partial charge in [0.25, 0.3) is 5.56 Å². The summed E-state index contributed by atoms with van der Waals surface area (Å²) in [4.78, 5) is 20.5. The lowest BCUT2D eigenvalue weighted by molar-refractivity contribution is 0.593. The summed E-state index contributed by atoms with van der Waals surface area (Å²) in [5.41, 5.74) is 0.743. The summed E-state index contributed by atoms with van der Waals surface area (Å²) in [6, 6.07) is 6.42. The molecule has 0 unspecified atom stereocenters. The molecular weight excluding hydrogens is 373 g/mol. The van der Waals surface area contributed by atoms with E-state index in [1.54, 1.807) is 24.3 Å². The lowest BCUT2D eigenvalue weighted by atomic mass is 10.1. The molecule has 124 valence electrons. The summed E-state index contributed by atoms with van der Waals surface area (Å²) in [5, 5.41) is 0.989. The van der Waals surface area contributed by atoms with Gasteiger partial charge in [-0.1, -0.05) is 29.3 Å². The summed E-state index contributed by atoms with van der Waals surface area (Å²) in [6.45, 7) is 0. The summed E-state index contributed by atoms with van der Waals surface area (Å²) >= 11 is 12.1. The van der Waals surface area contributed by atoms with Crippen molar-refractivity contribution in [3.8, 4) is 11.1 Å². The fourth-order valence-corrected chi connectivity index (χ4v) is 3.32. The molecule has 0 aliphatic heterocycles. The first-order chi connectivity index (χ1) is 11.2. The van der Waals surface area contributed by atoms with Crippen LogP contribution in [-0.2, 0) is 16.9 Å². The van der Waals surface area contributed by atoms with Crippen molar-refractivity contribution in [2.45, 2.75) is 5.16 Å². The molecule has 3 aromatic rings. The number of pyridine rings is 1. The molecule has 2 heterocycles. The zero-order chi connectivity index (χ0) is 17.6. The van der Waals surface area contributed by atoms with Crippen LogP contribution in [-0.4, -0.2) is 29.2 Å². The number of rotatable bonds is 2. The van der Waals surface area contributed by atoms with E-state index in [1.807, 2.05) is 0 Å². The Balaban J connectivity index is 2.33. The minimum absolute atomic E-state index is 0.226. The molecule has 0 amide bonds. The SMILES string of the molecule is Cn1c(=O)c(-c2ccc(Cl)cc2Cl)cc2cnc(S(C)(=O)=O)nc21. The highest BCUT2D eigenvalue weighted by atomic mass is 35.5. The van der Waals surface area contributed by atoms with Crippen LogP contribution in [0, 0.1) is 0 Å². The first kappa shape index (κ1) is 16.9. The van der Waals surface area contributed by atoms with Crippen LogP contribution in [0.5, 0.6) is 0 Å². The van der Waals surface area contributed by atoms with Crippen LogP contribution in [0.15, 0.2) is 40.4 Å². The number of hydrogen-bond donors (Lipinski definition) is 0. The first-order valence-corrected chi connectivity index (χ1v) is 9.35. The zero-order valence-corrected chi connectivity index (χ0v) is 14.9. The van der Waals surface area contributed by atoms with Crippen molar-refractivity contribution < 1.29 is 8.42 Å². The molecule has 9 heteroatoms. The van der Waals surface area contributed by atoms with Crippen molar-refractivity contribution in [3.05, 3.63) is 50.9 Å². The van der Waals surface area contributed by atoms with Gasteiger partial charge in [0.15, 0.2) is 0 Å². The minimum atomic E-state index is -3.57. The van der Waals surface area contributed by atoms with Gasteiger partial charge in [-0.25, -0.2) is 13.4 Å². The van der Waals surface area contributed by atoms with Crippen molar-refractivity contribution in [1.82, 2.24) is 14.5 Å². The normalized spacial score (nSPS) is 11.8. The third kappa shape index (κ3) is 2.90. The van der Waals surface area contributed by atoms with Crippen molar-refractivity contribution in [2.24, 2.45) is 7.05 Å². The third-order valence-corrected chi connectivity index (χ3v) is 4.89. The molecule has 0 atom stereocenters. The van der Waals surface area contributed by atoms with Gasteiger partial charge in [0, 0.05) is 41.0 Å². The van der Waals surface area contributed by atoms with Crippen molar-refractivity contribution in [1.29, 1.82) is 0 Å². The average Bonchev–Trinajstić information content (AvgIpc) is 2.50. The number of halogens is 2. The van der Waals surface area contributed by atoms with Crippen molar-refractivity contribution in [3.63, 3.8) is 0 Å². The Labute approximate surface area is 147 Å². The Morgan fingerprint density at radius 2 is 1.83 bits per heavy atom. The van der Waals surface area contributed by atoms with Crippen LogP contribution < -0.4 is 5.56 Å². The molecule has 0 fully saturated rings. The second kappa shape index (κ2) is 5.84. The van der Waals surface area contributed by atoms with Crippen LogP contribution in [0.3, 0.4) is 0 Å². The molecule has 0 saturated carbocycles. The lowest BCUT2D eigenvalue weighted by Gasteiger charge is -2.10. The molecule has 3 rings (SSSR count). The quantitative estimate of drug-likeness (QED) is 0.635. The van der Waals surface area contributed by atoms with Crippen LogP contribution in [0.1, 0.15) is 0 Å². The monoisotopic (exact) mass is 383 g/mol. The largest absolute Gasteiger partial charge is 0.295 e. The third-order valence-electron chi connectivity index (χ3n) is 3.48. The average molecular weight is 384 g/mol. The van der Waals surface area contributed by atoms with E-state index in [0.29, 0.717) is 26.6 Å². The molecule has 6 nitrogen and oxygen atoms in total. The van der Waals surface area contributed by atoms with Crippen LogP contribution in [0.25, 0.3) is 22.2 Å². The molecule has 0 radical (unpaired) electrons. The van der Waals surface area contributed by atoms with Crippen molar-refractivity contribution >= 4 is 44.1 Å². The number of nitrogens with zero attached hydrogens (tertiary/aromatic N) is 3. The van der Waals surface area contributed by atoms with E-state index in [1.165, 1.54) is 17.8 Å². The predicted molar refractivity (Wildman–Crippen MR) is 93.3 cm³/mol.